The highest BCUT2D eigenvalue weighted by atomic mass is 31.3. The van der Waals surface area contributed by atoms with Crippen molar-refractivity contribution in [3.8, 4) is 12.3 Å². The number of hydrogen-bond donors (Lipinski definition) is 7. The second-order valence-corrected chi connectivity index (χ2v) is 10.6. The average molecular weight is 569 g/mol. The van der Waals surface area contributed by atoms with Crippen molar-refractivity contribution in [2.75, 3.05) is 18.9 Å². The molecule has 2 aromatic heterocycles. The Balaban J connectivity index is 2.31. The van der Waals surface area contributed by atoms with Crippen molar-refractivity contribution in [1.82, 2.24) is 19.5 Å². The topological polar surface area (TPSA) is 279 Å². The van der Waals surface area contributed by atoms with E-state index >= 15 is 4.39 Å². The van der Waals surface area contributed by atoms with Crippen LogP contribution in [0.2, 0.25) is 0 Å². The molecule has 0 aliphatic heterocycles. The highest BCUT2D eigenvalue weighted by Crippen LogP contribution is 2.66. The van der Waals surface area contributed by atoms with E-state index in [1.165, 1.54) is 5.92 Å². The average Bonchev–Trinajstić information content (AvgIpc) is 3.11. The van der Waals surface area contributed by atoms with Gasteiger partial charge in [-0.15, -0.1) is 6.42 Å². The van der Waals surface area contributed by atoms with E-state index in [1.54, 1.807) is 0 Å². The Morgan fingerprint density at radius 2 is 1.89 bits per heavy atom. The summed E-state index contributed by atoms with van der Waals surface area (Å²) in [4.78, 5) is 56.9. The molecule has 0 aromatic carbocycles. The lowest BCUT2D eigenvalue weighted by atomic mass is 10.2. The van der Waals surface area contributed by atoms with Crippen molar-refractivity contribution in [3.05, 3.63) is 16.7 Å². The first-order valence-electron chi connectivity index (χ1n) is 8.50. The lowest BCUT2D eigenvalue weighted by molar-refractivity contribution is -0.244. The number of hydrogen-bond acceptors (Lipinski definition) is 12. The Bertz CT molecular complexity index is 1320. The minimum Gasteiger partial charge on any atom is -0.392 e. The van der Waals surface area contributed by atoms with Crippen molar-refractivity contribution < 1.29 is 65.0 Å². The van der Waals surface area contributed by atoms with Crippen LogP contribution in [-0.2, 0) is 31.6 Å². The number of nitrogens with one attached hydrogen (secondary N) is 1. The fourth-order valence-electron chi connectivity index (χ4n) is 2.33. The van der Waals surface area contributed by atoms with E-state index in [0.717, 1.165) is 10.9 Å². The zero-order chi connectivity index (χ0) is 26.8. The third-order valence-electron chi connectivity index (χ3n) is 3.61. The summed E-state index contributed by atoms with van der Waals surface area (Å²) in [6.45, 7) is -3.11. The number of phosphoric ester groups is 1. The molecule has 196 valence electrons. The van der Waals surface area contributed by atoms with Crippen LogP contribution in [0, 0.1) is 12.3 Å². The Kier molecular flexibility index (Phi) is 8.73. The van der Waals surface area contributed by atoms with Gasteiger partial charge in [0.2, 0.25) is 12.1 Å². The van der Waals surface area contributed by atoms with Gasteiger partial charge in [0.15, 0.2) is 17.4 Å². The second kappa shape index (κ2) is 10.5. The van der Waals surface area contributed by atoms with E-state index in [4.69, 9.17) is 31.6 Å². The molecule has 0 spiro atoms. The number of alkyl halides is 2. The number of H-pyrrole nitrogens is 1. The van der Waals surface area contributed by atoms with Gasteiger partial charge in [-0.05, 0) is 0 Å². The van der Waals surface area contributed by atoms with Crippen molar-refractivity contribution >= 4 is 40.6 Å². The number of aromatic nitrogens is 4. The molecule has 2 rings (SSSR count). The van der Waals surface area contributed by atoms with Gasteiger partial charge in [-0.3, -0.25) is 18.9 Å². The SMILES string of the molecule is C#C[C@H](F)[C@@](F)(COP(=O)(O)OP(=O)(O)OP(=O)(O)O)O[C@H](CO)n1cnc2c(=O)[nH]c(N)nc21. The molecule has 2 aromatic rings. The maximum atomic E-state index is 15.3. The van der Waals surface area contributed by atoms with E-state index in [2.05, 4.69) is 28.1 Å². The van der Waals surface area contributed by atoms with Gasteiger partial charge >= 0.3 is 23.5 Å². The standard InChI is InChI=1S/C12H16F2N5O13P3/c1-2-6(13)12(14,4-29-34(25,26)32-35(27,28)31-33(22,23)24)30-7(3-20)19-5-16-8-9(19)17-11(15)18-10(8)21/h1,5-7,20H,3-4H2,(H,25,26)(H,27,28)(H2,22,23,24)(H3,15,17,18,21)/t6-,7+,12+/m0/s1. The van der Waals surface area contributed by atoms with E-state index in [0.29, 0.717) is 0 Å². The van der Waals surface area contributed by atoms with Gasteiger partial charge in [-0.25, -0.2) is 27.5 Å². The number of terminal acetylenes is 1. The van der Waals surface area contributed by atoms with Gasteiger partial charge in [0.05, 0.1) is 12.9 Å². The number of aromatic amines is 1. The van der Waals surface area contributed by atoms with Crippen LogP contribution in [0.1, 0.15) is 6.23 Å². The maximum absolute atomic E-state index is 15.3. The summed E-state index contributed by atoms with van der Waals surface area (Å²) in [6, 6.07) is 0. The molecule has 0 aliphatic rings. The van der Waals surface area contributed by atoms with Crippen LogP contribution in [0.25, 0.3) is 11.2 Å². The van der Waals surface area contributed by atoms with Crippen LogP contribution in [0.15, 0.2) is 11.1 Å². The molecule has 0 fully saturated rings. The molecule has 0 amide bonds. The number of nitrogen functional groups attached to an aromatic ring is 1. The molecule has 0 saturated carbocycles. The number of anilines is 1. The Labute approximate surface area is 192 Å². The molecule has 0 aliphatic carbocycles. The van der Waals surface area contributed by atoms with Crippen LogP contribution in [0.5, 0.6) is 0 Å². The normalized spacial score (nSPS) is 19.3. The first-order valence-corrected chi connectivity index (χ1v) is 13.0. The molecule has 8 N–H and O–H groups in total. The number of aliphatic hydroxyl groups excluding tert-OH is 1. The third-order valence-corrected chi connectivity index (χ3v) is 7.40. The van der Waals surface area contributed by atoms with Crippen molar-refractivity contribution in [3.63, 3.8) is 0 Å². The molecule has 2 heterocycles. The smallest absolute Gasteiger partial charge is 0.392 e. The highest BCUT2D eigenvalue weighted by Gasteiger charge is 2.48. The number of imidazole rings is 1. The Morgan fingerprint density at radius 3 is 2.43 bits per heavy atom. The van der Waals surface area contributed by atoms with Crippen LogP contribution in [-0.4, -0.2) is 69.4 Å². The highest BCUT2D eigenvalue weighted by molar-refractivity contribution is 7.66. The van der Waals surface area contributed by atoms with Gasteiger partial charge in [-0.1, -0.05) is 5.92 Å². The van der Waals surface area contributed by atoms with E-state index in [-0.39, 0.29) is 11.2 Å². The number of phosphoric acid groups is 3. The predicted octanol–water partition coefficient (Wildman–Crippen LogP) is -0.810. The number of nitrogens with zero attached hydrogens (tertiary/aromatic N) is 3. The van der Waals surface area contributed by atoms with Gasteiger partial charge in [0.25, 0.3) is 11.4 Å². The van der Waals surface area contributed by atoms with Gasteiger partial charge in [0, 0.05) is 0 Å². The minimum atomic E-state index is -5.96. The van der Waals surface area contributed by atoms with Crippen LogP contribution < -0.4 is 11.3 Å². The molecule has 5 atom stereocenters. The van der Waals surface area contributed by atoms with Crippen molar-refractivity contribution in [2.45, 2.75) is 18.3 Å². The largest absolute Gasteiger partial charge is 0.490 e. The van der Waals surface area contributed by atoms with Gasteiger partial charge in [-0.2, -0.15) is 13.6 Å². The monoisotopic (exact) mass is 569 g/mol. The Morgan fingerprint density at radius 1 is 1.26 bits per heavy atom. The maximum Gasteiger partial charge on any atom is 0.490 e. The number of ether oxygens (including phenoxy) is 1. The first-order chi connectivity index (χ1) is 15.9. The van der Waals surface area contributed by atoms with Gasteiger partial charge < -0.3 is 35.2 Å². The van der Waals surface area contributed by atoms with E-state index < -0.39 is 66.4 Å². The van der Waals surface area contributed by atoms with Crippen molar-refractivity contribution in [2.24, 2.45) is 0 Å². The lowest BCUT2D eigenvalue weighted by Gasteiger charge is -2.31. The van der Waals surface area contributed by atoms with E-state index in [9.17, 15) is 32.9 Å². The molecule has 2 unspecified atom stereocenters. The quantitative estimate of drug-likeness (QED) is 0.122. The summed E-state index contributed by atoms with van der Waals surface area (Å²) in [5.41, 5.74) is 3.85. The molecular formula is C12H16F2N5O13P3. The summed E-state index contributed by atoms with van der Waals surface area (Å²) in [7, 11) is -17.6. The molecule has 35 heavy (non-hydrogen) atoms. The van der Waals surface area contributed by atoms with Crippen LogP contribution in [0.4, 0.5) is 14.7 Å². The summed E-state index contributed by atoms with van der Waals surface area (Å²) in [5, 5.41) is 9.61. The molecule has 18 nitrogen and oxygen atoms in total. The number of aliphatic hydroxyl groups is 1. The van der Waals surface area contributed by atoms with Crippen molar-refractivity contribution in [1.29, 1.82) is 0 Å². The summed E-state index contributed by atoms with van der Waals surface area (Å²) < 4.78 is 79.8. The zero-order valence-electron chi connectivity index (χ0n) is 16.7. The molecular weight excluding hydrogens is 553 g/mol. The molecule has 0 bridgehead atoms. The van der Waals surface area contributed by atoms with Gasteiger partial charge in [0.1, 0.15) is 6.61 Å². The Hall–Kier alpha value is -2.10. The second-order valence-electron chi connectivity index (χ2n) is 6.21. The van der Waals surface area contributed by atoms with E-state index in [1.807, 2.05) is 0 Å². The number of nitrogens with two attached hydrogens (primary N) is 1. The predicted molar refractivity (Wildman–Crippen MR) is 107 cm³/mol. The first kappa shape index (κ1) is 29.1. The number of rotatable bonds is 12. The van der Waals surface area contributed by atoms with Crippen LogP contribution in [0.3, 0.4) is 0 Å². The fourth-order valence-corrected chi connectivity index (χ4v) is 5.36. The lowest BCUT2D eigenvalue weighted by Crippen LogP contribution is -2.44. The number of fused-ring (bicyclic) bond motifs is 1. The summed E-state index contributed by atoms with van der Waals surface area (Å²) in [5.74, 6) is -3.05. The summed E-state index contributed by atoms with van der Waals surface area (Å²) >= 11 is 0. The van der Waals surface area contributed by atoms with Crippen LogP contribution >= 0.6 is 23.5 Å². The third kappa shape index (κ3) is 7.69. The summed E-state index contributed by atoms with van der Waals surface area (Å²) in [6.07, 6.45) is 0.596. The molecule has 0 saturated heterocycles. The minimum absolute atomic E-state index is 0.354. The number of halogens is 2. The fraction of sp³-hybridized carbons (Fsp3) is 0.417. The zero-order valence-corrected chi connectivity index (χ0v) is 19.4. The molecule has 0 radical (unpaired) electrons. The molecule has 23 heteroatoms.